The SMILES string of the molecule is O=C(O)C1COCCN1S(=O)(=O)CC1CCOCC1. The average Bonchev–Trinajstić information content (AvgIpc) is 2.39. The summed E-state index contributed by atoms with van der Waals surface area (Å²) in [6.45, 7) is 1.43. The number of nitrogens with zero attached hydrogens (tertiary/aromatic N) is 1. The topological polar surface area (TPSA) is 93.1 Å². The Kier molecular flexibility index (Phi) is 4.77. The molecule has 0 aromatic heterocycles. The summed E-state index contributed by atoms with van der Waals surface area (Å²) in [5, 5.41) is 9.07. The molecule has 8 heteroatoms. The van der Waals surface area contributed by atoms with Gasteiger partial charge in [0, 0.05) is 19.8 Å². The van der Waals surface area contributed by atoms with E-state index >= 15 is 0 Å². The van der Waals surface area contributed by atoms with Gasteiger partial charge in [-0.05, 0) is 18.8 Å². The maximum atomic E-state index is 12.3. The summed E-state index contributed by atoms with van der Waals surface area (Å²) < 4.78 is 36.0. The van der Waals surface area contributed by atoms with Crippen molar-refractivity contribution in [3.8, 4) is 0 Å². The maximum Gasteiger partial charge on any atom is 0.324 e. The Labute approximate surface area is 112 Å². The Balaban J connectivity index is 2.05. The number of morpholine rings is 1. The van der Waals surface area contributed by atoms with Gasteiger partial charge in [0.2, 0.25) is 10.0 Å². The number of rotatable bonds is 4. The molecule has 110 valence electrons. The minimum absolute atomic E-state index is 0.000139. The van der Waals surface area contributed by atoms with Gasteiger partial charge in [0.05, 0.1) is 19.0 Å². The van der Waals surface area contributed by atoms with Gasteiger partial charge in [-0.1, -0.05) is 0 Å². The molecule has 0 amide bonds. The first-order valence-electron chi connectivity index (χ1n) is 6.38. The molecule has 0 spiro atoms. The fraction of sp³-hybridized carbons (Fsp3) is 0.909. The molecule has 0 aliphatic carbocycles. The smallest absolute Gasteiger partial charge is 0.324 e. The van der Waals surface area contributed by atoms with Crippen LogP contribution in [-0.4, -0.2) is 68.6 Å². The van der Waals surface area contributed by atoms with E-state index in [0.717, 1.165) is 4.31 Å². The lowest BCUT2D eigenvalue weighted by Crippen LogP contribution is -2.53. The monoisotopic (exact) mass is 293 g/mol. The Hall–Kier alpha value is -0.700. The van der Waals surface area contributed by atoms with Crippen molar-refractivity contribution in [2.24, 2.45) is 5.92 Å². The number of hydrogen-bond acceptors (Lipinski definition) is 5. The minimum Gasteiger partial charge on any atom is -0.480 e. The molecule has 19 heavy (non-hydrogen) atoms. The van der Waals surface area contributed by atoms with Gasteiger partial charge in [0.1, 0.15) is 6.04 Å². The van der Waals surface area contributed by atoms with Gasteiger partial charge >= 0.3 is 5.97 Å². The van der Waals surface area contributed by atoms with E-state index < -0.39 is 22.0 Å². The van der Waals surface area contributed by atoms with Crippen LogP contribution >= 0.6 is 0 Å². The van der Waals surface area contributed by atoms with Crippen LogP contribution in [-0.2, 0) is 24.3 Å². The summed E-state index contributed by atoms with van der Waals surface area (Å²) >= 11 is 0. The van der Waals surface area contributed by atoms with Crippen molar-refractivity contribution in [1.29, 1.82) is 0 Å². The highest BCUT2D eigenvalue weighted by Gasteiger charge is 2.38. The van der Waals surface area contributed by atoms with Gasteiger partial charge < -0.3 is 14.6 Å². The summed E-state index contributed by atoms with van der Waals surface area (Å²) in [7, 11) is -3.56. The lowest BCUT2D eigenvalue weighted by molar-refractivity contribution is -0.146. The number of carboxylic acid groups (broad SMARTS) is 1. The van der Waals surface area contributed by atoms with Crippen LogP contribution in [0.5, 0.6) is 0 Å². The lowest BCUT2D eigenvalue weighted by atomic mass is 10.0. The van der Waals surface area contributed by atoms with E-state index in [1.54, 1.807) is 0 Å². The van der Waals surface area contributed by atoms with Gasteiger partial charge in [-0.3, -0.25) is 4.79 Å². The molecule has 1 N–H and O–H groups in total. The standard InChI is InChI=1S/C11H19NO6S/c13-11(14)10-7-18-6-3-12(10)19(15,16)8-9-1-4-17-5-2-9/h9-10H,1-8H2,(H,13,14). The molecule has 2 saturated heterocycles. The molecule has 0 radical (unpaired) electrons. The van der Waals surface area contributed by atoms with E-state index in [-0.39, 0.29) is 31.4 Å². The molecule has 1 unspecified atom stereocenters. The molecule has 0 aromatic carbocycles. The van der Waals surface area contributed by atoms with Gasteiger partial charge in [-0.25, -0.2) is 8.42 Å². The highest BCUT2D eigenvalue weighted by molar-refractivity contribution is 7.89. The third kappa shape index (κ3) is 3.65. The fourth-order valence-electron chi connectivity index (χ4n) is 2.42. The number of ether oxygens (including phenoxy) is 2. The summed E-state index contributed by atoms with van der Waals surface area (Å²) in [5.41, 5.74) is 0. The summed E-state index contributed by atoms with van der Waals surface area (Å²) in [6, 6.07) is -1.10. The fourth-order valence-corrected chi connectivity index (χ4v) is 4.43. The molecule has 7 nitrogen and oxygen atoms in total. The van der Waals surface area contributed by atoms with Gasteiger partial charge in [0.15, 0.2) is 0 Å². The first kappa shape index (κ1) is 14.7. The first-order valence-corrected chi connectivity index (χ1v) is 7.99. The van der Waals surface area contributed by atoms with Crippen molar-refractivity contribution in [1.82, 2.24) is 4.31 Å². The number of aliphatic carboxylic acids is 1. The second-order valence-corrected chi connectivity index (χ2v) is 6.84. The molecule has 2 aliphatic rings. The first-order chi connectivity index (χ1) is 9.00. The zero-order valence-electron chi connectivity index (χ0n) is 10.7. The molecule has 2 aliphatic heterocycles. The van der Waals surface area contributed by atoms with Crippen molar-refractivity contribution >= 4 is 16.0 Å². The highest BCUT2D eigenvalue weighted by Crippen LogP contribution is 2.21. The van der Waals surface area contributed by atoms with E-state index in [4.69, 9.17) is 14.6 Å². The van der Waals surface area contributed by atoms with Crippen molar-refractivity contribution < 1.29 is 27.8 Å². The molecule has 0 bridgehead atoms. The van der Waals surface area contributed by atoms with E-state index in [9.17, 15) is 13.2 Å². The molecular formula is C11H19NO6S. The molecule has 2 heterocycles. The third-order valence-electron chi connectivity index (χ3n) is 3.51. The van der Waals surface area contributed by atoms with Crippen molar-refractivity contribution in [3.05, 3.63) is 0 Å². The summed E-state index contributed by atoms with van der Waals surface area (Å²) in [4.78, 5) is 11.1. The molecule has 0 aromatic rings. The Morgan fingerprint density at radius 3 is 2.53 bits per heavy atom. The van der Waals surface area contributed by atoms with E-state index in [1.165, 1.54) is 0 Å². The zero-order chi connectivity index (χ0) is 13.9. The zero-order valence-corrected chi connectivity index (χ0v) is 11.5. The van der Waals surface area contributed by atoms with Crippen LogP contribution in [0.3, 0.4) is 0 Å². The minimum atomic E-state index is -3.56. The highest BCUT2D eigenvalue weighted by atomic mass is 32.2. The van der Waals surface area contributed by atoms with E-state index in [2.05, 4.69) is 0 Å². The number of carboxylic acids is 1. The van der Waals surface area contributed by atoms with Gasteiger partial charge in [0.25, 0.3) is 0 Å². The molecule has 0 saturated carbocycles. The van der Waals surface area contributed by atoms with Crippen LogP contribution in [0.2, 0.25) is 0 Å². The van der Waals surface area contributed by atoms with E-state index in [0.29, 0.717) is 26.1 Å². The van der Waals surface area contributed by atoms with Crippen molar-refractivity contribution in [2.75, 3.05) is 38.7 Å². The van der Waals surface area contributed by atoms with Gasteiger partial charge in [-0.15, -0.1) is 0 Å². The van der Waals surface area contributed by atoms with Crippen LogP contribution in [0.4, 0.5) is 0 Å². The predicted octanol–water partition coefficient (Wildman–Crippen LogP) is -0.472. The Morgan fingerprint density at radius 1 is 1.21 bits per heavy atom. The quantitative estimate of drug-likeness (QED) is 0.753. The Morgan fingerprint density at radius 2 is 1.89 bits per heavy atom. The number of hydrogen-bond donors (Lipinski definition) is 1. The largest absolute Gasteiger partial charge is 0.480 e. The van der Waals surface area contributed by atoms with Crippen molar-refractivity contribution in [2.45, 2.75) is 18.9 Å². The molecule has 2 fully saturated rings. The number of carbonyl (C=O) groups is 1. The Bertz CT molecular complexity index is 417. The van der Waals surface area contributed by atoms with Crippen LogP contribution in [0.1, 0.15) is 12.8 Å². The number of sulfonamides is 1. The van der Waals surface area contributed by atoms with Crippen LogP contribution < -0.4 is 0 Å². The van der Waals surface area contributed by atoms with Crippen LogP contribution in [0.25, 0.3) is 0 Å². The molecular weight excluding hydrogens is 274 g/mol. The van der Waals surface area contributed by atoms with Crippen LogP contribution in [0.15, 0.2) is 0 Å². The third-order valence-corrected chi connectivity index (χ3v) is 5.55. The van der Waals surface area contributed by atoms with E-state index in [1.807, 2.05) is 0 Å². The summed E-state index contributed by atoms with van der Waals surface area (Å²) in [5.74, 6) is -1.11. The van der Waals surface area contributed by atoms with Crippen molar-refractivity contribution in [3.63, 3.8) is 0 Å². The normalized spacial score (nSPS) is 27.3. The average molecular weight is 293 g/mol. The maximum absolute atomic E-state index is 12.3. The second kappa shape index (κ2) is 6.17. The molecule has 2 rings (SSSR count). The lowest BCUT2D eigenvalue weighted by Gasteiger charge is -2.33. The second-order valence-electron chi connectivity index (χ2n) is 4.87. The summed E-state index contributed by atoms with van der Waals surface area (Å²) in [6.07, 6.45) is 1.42. The predicted molar refractivity (Wildman–Crippen MR) is 66.3 cm³/mol. The van der Waals surface area contributed by atoms with Crippen LogP contribution in [0, 0.1) is 5.92 Å². The van der Waals surface area contributed by atoms with Gasteiger partial charge in [-0.2, -0.15) is 4.31 Å². The molecule has 1 atom stereocenters.